The molecule has 0 spiro atoms. The number of likely N-dealkylation sites (N-methyl/N-ethyl adjacent to an activating group) is 1. The van der Waals surface area contributed by atoms with E-state index in [9.17, 15) is 4.79 Å². The standard InChI is InChI=1S/C16H15N3O3S/c1-19(8-12-6-7-23-10-12)15(20)9-21-14-4-2-13(3-5-14)16-18-17-11-22-16/h2-7,10-11H,8-9H2,1H3. The van der Waals surface area contributed by atoms with Gasteiger partial charge in [-0.05, 0) is 46.7 Å². The fourth-order valence-electron chi connectivity index (χ4n) is 1.99. The smallest absolute Gasteiger partial charge is 0.260 e. The van der Waals surface area contributed by atoms with Crippen LogP contribution in [0.15, 0.2) is 51.9 Å². The molecule has 0 radical (unpaired) electrons. The summed E-state index contributed by atoms with van der Waals surface area (Å²) in [6, 6.07) is 9.16. The number of nitrogens with zero attached hydrogens (tertiary/aromatic N) is 3. The van der Waals surface area contributed by atoms with Crippen LogP contribution < -0.4 is 4.74 Å². The second kappa shape index (κ2) is 7.06. The zero-order valence-electron chi connectivity index (χ0n) is 12.5. The highest BCUT2D eigenvalue weighted by Gasteiger charge is 2.11. The number of benzene rings is 1. The normalized spacial score (nSPS) is 10.5. The first kappa shape index (κ1) is 15.2. The highest BCUT2D eigenvalue weighted by atomic mass is 32.1. The average Bonchev–Trinajstić information content (AvgIpc) is 3.26. The van der Waals surface area contributed by atoms with E-state index in [1.165, 1.54) is 6.39 Å². The lowest BCUT2D eigenvalue weighted by molar-refractivity contribution is -0.132. The molecule has 0 aliphatic carbocycles. The van der Waals surface area contributed by atoms with Gasteiger partial charge >= 0.3 is 0 Å². The van der Waals surface area contributed by atoms with Crippen molar-refractivity contribution in [3.63, 3.8) is 0 Å². The van der Waals surface area contributed by atoms with Gasteiger partial charge < -0.3 is 14.1 Å². The number of ether oxygens (including phenoxy) is 1. The van der Waals surface area contributed by atoms with Crippen molar-refractivity contribution in [3.8, 4) is 17.2 Å². The molecule has 0 aliphatic heterocycles. The molecule has 0 fully saturated rings. The minimum atomic E-state index is -0.0721. The first-order valence-electron chi connectivity index (χ1n) is 6.97. The lowest BCUT2D eigenvalue weighted by atomic mass is 10.2. The average molecular weight is 329 g/mol. The maximum atomic E-state index is 12.1. The number of hydrogen-bond donors (Lipinski definition) is 0. The molecule has 118 valence electrons. The molecular formula is C16H15N3O3S. The van der Waals surface area contributed by atoms with Gasteiger partial charge in [-0.15, -0.1) is 10.2 Å². The van der Waals surface area contributed by atoms with Gasteiger partial charge in [0.25, 0.3) is 5.91 Å². The van der Waals surface area contributed by atoms with E-state index in [1.54, 1.807) is 35.4 Å². The van der Waals surface area contributed by atoms with Crippen LogP contribution in [0.3, 0.4) is 0 Å². The number of thiophene rings is 1. The molecule has 2 aromatic heterocycles. The molecule has 6 nitrogen and oxygen atoms in total. The molecular weight excluding hydrogens is 314 g/mol. The second-order valence-corrected chi connectivity index (χ2v) is 5.72. The van der Waals surface area contributed by atoms with Gasteiger partial charge in [-0.25, -0.2) is 0 Å². The van der Waals surface area contributed by atoms with E-state index < -0.39 is 0 Å². The van der Waals surface area contributed by atoms with Crippen LogP contribution in [0.1, 0.15) is 5.56 Å². The molecule has 0 aliphatic rings. The molecule has 0 N–H and O–H groups in total. The van der Waals surface area contributed by atoms with Crippen molar-refractivity contribution >= 4 is 17.2 Å². The maximum Gasteiger partial charge on any atom is 0.260 e. The molecule has 0 atom stereocenters. The first-order chi connectivity index (χ1) is 11.2. The lowest BCUT2D eigenvalue weighted by Gasteiger charge is -2.16. The third kappa shape index (κ3) is 3.95. The van der Waals surface area contributed by atoms with E-state index in [-0.39, 0.29) is 12.5 Å². The maximum absolute atomic E-state index is 12.1. The summed E-state index contributed by atoms with van der Waals surface area (Å²) in [7, 11) is 1.77. The minimum absolute atomic E-state index is 0.000537. The van der Waals surface area contributed by atoms with Gasteiger partial charge in [0, 0.05) is 19.2 Å². The van der Waals surface area contributed by atoms with Crippen molar-refractivity contribution in [2.24, 2.45) is 0 Å². The Morgan fingerprint density at radius 2 is 2.13 bits per heavy atom. The molecule has 0 saturated heterocycles. The molecule has 3 rings (SSSR count). The van der Waals surface area contributed by atoms with Crippen LogP contribution in [-0.4, -0.2) is 34.7 Å². The summed E-state index contributed by atoms with van der Waals surface area (Å²) in [6.45, 7) is 0.586. The predicted octanol–water partition coefficient (Wildman–Crippen LogP) is 2.84. The second-order valence-electron chi connectivity index (χ2n) is 4.94. The molecule has 1 amide bonds. The fourth-order valence-corrected chi connectivity index (χ4v) is 2.65. The van der Waals surface area contributed by atoms with Crippen molar-refractivity contribution in [1.82, 2.24) is 15.1 Å². The van der Waals surface area contributed by atoms with Crippen molar-refractivity contribution < 1.29 is 13.9 Å². The van der Waals surface area contributed by atoms with Crippen molar-refractivity contribution in [1.29, 1.82) is 0 Å². The summed E-state index contributed by atoms with van der Waals surface area (Å²) in [5.41, 5.74) is 1.92. The first-order valence-corrected chi connectivity index (χ1v) is 7.91. The molecule has 1 aromatic carbocycles. The molecule has 2 heterocycles. The van der Waals surface area contributed by atoms with E-state index in [0.29, 0.717) is 18.2 Å². The third-order valence-electron chi connectivity index (χ3n) is 3.25. The Balaban J connectivity index is 1.52. The summed E-state index contributed by atoms with van der Waals surface area (Å²) < 4.78 is 10.6. The van der Waals surface area contributed by atoms with E-state index in [0.717, 1.165) is 11.1 Å². The van der Waals surface area contributed by atoms with E-state index in [2.05, 4.69) is 10.2 Å². The zero-order valence-corrected chi connectivity index (χ0v) is 13.3. The number of amides is 1. The van der Waals surface area contributed by atoms with Crippen LogP contribution in [0.25, 0.3) is 11.5 Å². The van der Waals surface area contributed by atoms with Crippen LogP contribution in [0.5, 0.6) is 5.75 Å². The number of hydrogen-bond acceptors (Lipinski definition) is 6. The van der Waals surface area contributed by atoms with Crippen molar-refractivity contribution in [2.75, 3.05) is 13.7 Å². The molecule has 3 aromatic rings. The molecule has 7 heteroatoms. The van der Waals surface area contributed by atoms with Crippen LogP contribution in [0, 0.1) is 0 Å². The number of carbonyl (C=O) groups excluding carboxylic acids is 1. The minimum Gasteiger partial charge on any atom is -0.484 e. The van der Waals surface area contributed by atoms with Gasteiger partial charge in [0.1, 0.15) is 5.75 Å². The van der Waals surface area contributed by atoms with Gasteiger partial charge in [-0.2, -0.15) is 11.3 Å². The Labute approximate surface area is 137 Å². The Bertz CT molecular complexity index is 739. The Hall–Kier alpha value is -2.67. The van der Waals surface area contributed by atoms with Crippen LogP contribution in [0.4, 0.5) is 0 Å². The van der Waals surface area contributed by atoms with E-state index >= 15 is 0 Å². The van der Waals surface area contributed by atoms with E-state index in [1.807, 2.05) is 29.0 Å². The summed E-state index contributed by atoms with van der Waals surface area (Å²) in [4.78, 5) is 13.7. The highest BCUT2D eigenvalue weighted by molar-refractivity contribution is 7.07. The zero-order chi connectivity index (χ0) is 16.1. The van der Waals surface area contributed by atoms with Gasteiger partial charge in [0.05, 0.1) is 0 Å². The Kier molecular flexibility index (Phi) is 4.68. The molecule has 0 unspecified atom stereocenters. The summed E-state index contributed by atoms with van der Waals surface area (Å²) >= 11 is 1.62. The summed E-state index contributed by atoms with van der Waals surface area (Å²) in [6.07, 6.45) is 1.28. The molecule has 0 saturated carbocycles. The molecule has 0 bridgehead atoms. The van der Waals surface area contributed by atoms with Crippen LogP contribution >= 0.6 is 11.3 Å². The van der Waals surface area contributed by atoms with Crippen molar-refractivity contribution in [2.45, 2.75) is 6.54 Å². The summed E-state index contributed by atoms with van der Waals surface area (Å²) in [5, 5.41) is 11.5. The van der Waals surface area contributed by atoms with Gasteiger partial charge in [0.2, 0.25) is 12.3 Å². The van der Waals surface area contributed by atoms with Crippen LogP contribution in [-0.2, 0) is 11.3 Å². The lowest BCUT2D eigenvalue weighted by Crippen LogP contribution is -2.30. The third-order valence-corrected chi connectivity index (χ3v) is 3.98. The molecule has 23 heavy (non-hydrogen) atoms. The van der Waals surface area contributed by atoms with Gasteiger partial charge in [0.15, 0.2) is 6.61 Å². The largest absolute Gasteiger partial charge is 0.484 e. The quantitative estimate of drug-likeness (QED) is 0.695. The number of carbonyl (C=O) groups is 1. The van der Waals surface area contributed by atoms with Crippen molar-refractivity contribution in [3.05, 3.63) is 53.0 Å². The van der Waals surface area contributed by atoms with Gasteiger partial charge in [-0.3, -0.25) is 4.79 Å². The fraction of sp³-hybridized carbons (Fsp3) is 0.188. The Morgan fingerprint density at radius 1 is 1.30 bits per heavy atom. The van der Waals surface area contributed by atoms with Crippen LogP contribution in [0.2, 0.25) is 0 Å². The predicted molar refractivity (Wildman–Crippen MR) is 86.0 cm³/mol. The monoisotopic (exact) mass is 329 g/mol. The van der Waals surface area contributed by atoms with E-state index in [4.69, 9.17) is 9.15 Å². The Morgan fingerprint density at radius 3 is 2.78 bits per heavy atom. The summed E-state index contributed by atoms with van der Waals surface area (Å²) in [5.74, 6) is 0.992. The highest BCUT2D eigenvalue weighted by Crippen LogP contribution is 2.20. The number of aromatic nitrogens is 2. The topological polar surface area (TPSA) is 68.5 Å². The van der Waals surface area contributed by atoms with Gasteiger partial charge in [-0.1, -0.05) is 0 Å². The number of rotatable bonds is 6. The SMILES string of the molecule is CN(Cc1ccsc1)C(=O)COc1ccc(-c2nnco2)cc1.